The van der Waals surface area contributed by atoms with Gasteiger partial charge >= 0.3 is 5.97 Å². The molecule has 0 aliphatic carbocycles. The van der Waals surface area contributed by atoms with Gasteiger partial charge in [-0.3, -0.25) is 0 Å². The summed E-state index contributed by atoms with van der Waals surface area (Å²) >= 11 is 0. The zero-order valence-electron chi connectivity index (χ0n) is 13.7. The fourth-order valence-electron chi connectivity index (χ4n) is 3.40. The third-order valence-corrected chi connectivity index (χ3v) is 4.68. The monoisotopic (exact) mass is 319 g/mol. The summed E-state index contributed by atoms with van der Waals surface area (Å²) in [6.07, 6.45) is 1.88. The zero-order valence-corrected chi connectivity index (χ0v) is 13.7. The number of nitrogens with zero attached hydrogens (tertiary/aromatic N) is 1. The summed E-state index contributed by atoms with van der Waals surface area (Å²) in [6, 6.07) is 1.30. The molecule has 23 heavy (non-hydrogen) atoms. The third-order valence-electron chi connectivity index (χ3n) is 4.68. The lowest BCUT2D eigenvalue weighted by molar-refractivity contribution is 0.0602. The Balaban J connectivity index is 2.26. The van der Waals surface area contributed by atoms with E-state index in [0.29, 0.717) is 17.7 Å². The number of carbonyl (C=O) groups is 1. The fraction of sp³-hybridized carbons (Fsp3) is 0.471. The van der Waals surface area contributed by atoms with E-state index >= 15 is 0 Å². The molecule has 0 radical (unpaired) electrons. The van der Waals surface area contributed by atoms with Crippen LogP contribution >= 0.6 is 0 Å². The van der Waals surface area contributed by atoms with Crippen LogP contribution < -0.4 is 10.6 Å². The molecule has 1 fully saturated rings. The van der Waals surface area contributed by atoms with Crippen LogP contribution in [0.3, 0.4) is 0 Å². The predicted octanol–water partition coefficient (Wildman–Crippen LogP) is 2.64. The van der Waals surface area contributed by atoms with Crippen molar-refractivity contribution in [3.05, 3.63) is 28.7 Å². The maximum Gasteiger partial charge on any atom is 0.340 e. The minimum Gasteiger partial charge on any atom is -0.465 e. The fourth-order valence-corrected chi connectivity index (χ4v) is 3.40. The minimum atomic E-state index is -0.544. The average Bonchev–Trinajstić information content (AvgIpc) is 2.81. The summed E-state index contributed by atoms with van der Waals surface area (Å²) < 4.78 is 19.7. The van der Waals surface area contributed by atoms with Crippen LogP contribution in [0.15, 0.2) is 6.07 Å². The molecule has 1 saturated heterocycles. The van der Waals surface area contributed by atoms with Gasteiger partial charge in [0.1, 0.15) is 5.82 Å². The van der Waals surface area contributed by atoms with Gasteiger partial charge in [-0.2, -0.15) is 0 Å². The summed E-state index contributed by atoms with van der Waals surface area (Å²) in [5, 5.41) is 0.747. The SMILES string of the molecule is COC(=O)c1cc(F)c(N2CCC[C@H](N)C2)c2c(C)c(C)[nH]c12. The van der Waals surface area contributed by atoms with Gasteiger partial charge in [-0.25, -0.2) is 9.18 Å². The molecule has 1 atom stereocenters. The number of esters is 1. The first-order valence-corrected chi connectivity index (χ1v) is 7.84. The molecule has 1 aromatic heterocycles. The summed E-state index contributed by atoms with van der Waals surface area (Å²) in [7, 11) is 1.30. The number of benzene rings is 1. The van der Waals surface area contributed by atoms with Crippen molar-refractivity contribution in [2.75, 3.05) is 25.1 Å². The van der Waals surface area contributed by atoms with Gasteiger partial charge < -0.3 is 20.4 Å². The number of H-pyrrole nitrogens is 1. The Morgan fingerprint density at radius 1 is 1.48 bits per heavy atom. The third kappa shape index (κ3) is 2.57. The molecule has 0 unspecified atom stereocenters. The molecule has 1 aliphatic heterocycles. The molecule has 1 aromatic carbocycles. The number of anilines is 1. The number of aromatic nitrogens is 1. The largest absolute Gasteiger partial charge is 0.465 e. The number of methoxy groups -OCH3 is 1. The van der Waals surface area contributed by atoms with Gasteiger partial charge in [0.25, 0.3) is 0 Å². The van der Waals surface area contributed by atoms with Gasteiger partial charge in [-0.05, 0) is 38.3 Å². The topological polar surface area (TPSA) is 71.3 Å². The zero-order chi connectivity index (χ0) is 16.7. The molecule has 1 aliphatic rings. The molecule has 2 aromatic rings. The van der Waals surface area contributed by atoms with Crippen LogP contribution in [-0.4, -0.2) is 37.2 Å². The lowest BCUT2D eigenvalue weighted by Gasteiger charge is -2.33. The number of ether oxygens (including phenoxy) is 1. The number of carbonyl (C=O) groups excluding carboxylic acids is 1. The van der Waals surface area contributed by atoms with E-state index in [1.165, 1.54) is 13.2 Å². The van der Waals surface area contributed by atoms with Crippen molar-refractivity contribution in [3.8, 4) is 0 Å². The second kappa shape index (κ2) is 5.85. The van der Waals surface area contributed by atoms with E-state index in [4.69, 9.17) is 10.5 Å². The summed E-state index contributed by atoms with van der Waals surface area (Å²) in [5.41, 5.74) is 9.29. The summed E-state index contributed by atoms with van der Waals surface area (Å²) in [5.74, 6) is -0.953. The van der Waals surface area contributed by atoms with Crippen LogP contribution in [0.2, 0.25) is 0 Å². The molecule has 0 bridgehead atoms. The normalized spacial score (nSPS) is 18.5. The number of aryl methyl sites for hydroxylation is 2. The number of hydrogen-bond donors (Lipinski definition) is 2. The van der Waals surface area contributed by atoms with E-state index < -0.39 is 11.8 Å². The Hall–Kier alpha value is -2.08. The Bertz CT molecular complexity index is 769. The molecular formula is C17H22FN3O2. The molecule has 6 heteroatoms. The first-order chi connectivity index (χ1) is 10.9. The molecule has 2 heterocycles. The lowest BCUT2D eigenvalue weighted by atomic mass is 10.0. The Morgan fingerprint density at radius 3 is 2.87 bits per heavy atom. The van der Waals surface area contributed by atoms with E-state index in [1.807, 2.05) is 18.7 Å². The molecule has 3 rings (SSSR count). The van der Waals surface area contributed by atoms with E-state index in [9.17, 15) is 9.18 Å². The quantitative estimate of drug-likeness (QED) is 0.835. The first-order valence-electron chi connectivity index (χ1n) is 7.84. The van der Waals surface area contributed by atoms with Crippen molar-refractivity contribution in [3.63, 3.8) is 0 Å². The lowest BCUT2D eigenvalue weighted by Crippen LogP contribution is -2.43. The first kappa shape index (κ1) is 15.8. The van der Waals surface area contributed by atoms with Gasteiger partial charge in [-0.1, -0.05) is 0 Å². The predicted molar refractivity (Wildman–Crippen MR) is 88.5 cm³/mol. The second-order valence-electron chi connectivity index (χ2n) is 6.22. The van der Waals surface area contributed by atoms with Gasteiger partial charge in [-0.15, -0.1) is 0 Å². The van der Waals surface area contributed by atoms with Gasteiger partial charge in [0.05, 0.1) is 23.9 Å². The minimum absolute atomic E-state index is 0.0406. The highest BCUT2D eigenvalue weighted by atomic mass is 19.1. The molecule has 0 spiro atoms. The maximum absolute atomic E-state index is 14.9. The molecule has 0 saturated carbocycles. The van der Waals surface area contributed by atoms with Crippen LogP contribution in [0.5, 0.6) is 0 Å². The van der Waals surface area contributed by atoms with Gasteiger partial charge in [0.2, 0.25) is 0 Å². The number of rotatable bonds is 2. The van der Waals surface area contributed by atoms with E-state index in [1.54, 1.807) is 0 Å². The standard InChI is InChI=1S/C17H22FN3O2/c1-9-10(2)20-15-12(17(22)23-3)7-13(18)16(14(9)15)21-6-4-5-11(19)8-21/h7,11,20H,4-6,8,19H2,1-3H3/t11-/m0/s1. The molecule has 5 nitrogen and oxygen atoms in total. The Kier molecular flexibility index (Phi) is 4.02. The Morgan fingerprint density at radius 2 is 2.22 bits per heavy atom. The van der Waals surface area contributed by atoms with Crippen LogP contribution in [0, 0.1) is 19.7 Å². The number of fused-ring (bicyclic) bond motifs is 1. The maximum atomic E-state index is 14.9. The van der Waals surface area contributed by atoms with Crippen LogP contribution in [-0.2, 0) is 4.74 Å². The highest BCUT2D eigenvalue weighted by molar-refractivity contribution is 6.09. The van der Waals surface area contributed by atoms with Crippen LogP contribution in [0.25, 0.3) is 10.9 Å². The van der Waals surface area contributed by atoms with Crippen molar-refractivity contribution in [1.29, 1.82) is 0 Å². The average molecular weight is 319 g/mol. The van der Waals surface area contributed by atoms with Crippen LogP contribution in [0.4, 0.5) is 10.1 Å². The highest BCUT2D eigenvalue weighted by Gasteiger charge is 2.27. The van der Waals surface area contributed by atoms with Crippen molar-refractivity contribution in [2.24, 2.45) is 5.73 Å². The number of nitrogens with two attached hydrogens (primary N) is 1. The van der Waals surface area contributed by atoms with Crippen molar-refractivity contribution < 1.29 is 13.9 Å². The van der Waals surface area contributed by atoms with Crippen molar-refractivity contribution >= 4 is 22.6 Å². The van der Waals surface area contributed by atoms with E-state index in [-0.39, 0.29) is 11.6 Å². The van der Waals surface area contributed by atoms with Crippen LogP contribution in [0.1, 0.15) is 34.5 Å². The number of aromatic amines is 1. The van der Waals surface area contributed by atoms with Crippen molar-refractivity contribution in [1.82, 2.24) is 4.98 Å². The van der Waals surface area contributed by atoms with E-state index in [0.717, 1.165) is 36.0 Å². The molecule has 0 amide bonds. The molecular weight excluding hydrogens is 297 g/mol. The number of piperidine rings is 1. The van der Waals surface area contributed by atoms with Gasteiger partial charge in [0.15, 0.2) is 0 Å². The molecule has 124 valence electrons. The highest BCUT2D eigenvalue weighted by Crippen LogP contribution is 2.37. The molecule has 3 N–H and O–H groups in total. The number of hydrogen-bond acceptors (Lipinski definition) is 4. The van der Waals surface area contributed by atoms with Gasteiger partial charge in [0, 0.05) is 30.2 Å². The smallest absolute Gasteiger partial charge is 0.340 e. The summed E-state index contributed by atoms with van der Waals surface area (Å²) in [6.45, 7) is 5.23. The summed E-state index contributed by atoms with van der Waals surface area (Å²) in [4.78, 5) is 17.2. The van der Waals surface area contributed by atoms with E-state index in [2.05, 4.69) is 4.98 Å². The van der Waals surface area contributed by atoms with Crippen molar-refractivity contribution in [2.45, 2.75) is 32.7 Å². The second-order valence-corrected chi connectivity index (χ2v) is 6.22. The Labute approximate surface area is 134 Å². The number of halogens is 1. The number of nitrogens with one attached hydrogen (secondary N) is 1.